The quantitative estimate of drug-likeness (QED) is 0.656. The molecule has 2 aromatic carbocycles. The van der Waals surface area contributed by atoms with E-state index in [1.807, 2.05) is 0 Å². The molecule has 0 saturated carbocycles. The molecule has 1 heterocycles. The number of benzene rings is 2. The molecule has 0 unspecified atom stereocenters. The van der Waals surface area contributed by atoms with E-state index in [0.717, 1.165) is 0 Å². The van der Waals surface area contributed by atoms with Crippen molar-refractivity contribution in [3.05, 3.63) is 65.4 Å². The van der Waals surface area contributed by atoms with Crippen LogP contribution in [0.15, 0.2) is 54.2 Å². The number of aliphatic carboxylic acids is 1. The number of carboxylic acid groups (broad SMARTS) is 1. The van der Waals surface area contributed by atoms with Crippen LogP contribution in [0.3, 0.4) is 0 Å². The minimum absolute atomic E-state index is 0.0965. The Kier molecular flexibility index (Phi) is 5.59. The van der Waals surface area contributed by atoms with E-state index >= 15 is 0 Å². The summed E-state index contributed by atoms with van der Waals surface area (Å²) in [5.41, 5.74) is 0.838. The predicted molar refractivity (Wildman–Crippen MR) is 99.7 cm³/mol. The molecular formula is C20H18N2O6. The largest absolute Gasteiger partial charge is 0.480 e. The standard InChI is InChI=1S/C20H18N2O6/c1-12(20(25)26)21-19(24)15(22-18(23)14-5-3-2-4-6-14)9-13-7-8-16-17(10-13)28-11-27-16/h2-10,12H,11H2,1H3,(H,21,24)(H,22,23)(H,25,26)/b15-9+/t12-/m0/s1. The maximum absolute atomic E-state index is 12.5. The van der Waals surface area contributed by atoms with E-state index in [1.165, 1.54) is 13.0 Å². The van der Waals surface area contributed by atoms with Gasteiger partial charge in [0, 0.05) is 5.56 Å². The van der Waals surface area contributed by atoms with E-state index in [9.17, 15) is 14.4 Å². The first kappa shape index (κ1) is 19.0. The fourth-order valence-corrected chi connectivity index (χ4v) is 2.45. The lowest BCUT2D eigenvalue weighted by molar-refractivity contribution is -0.140. The monoisotopic (exact) mass is 382 g/mol. The third-order valence-corrected chi connectivity index (χ3v) is 3.95. The van der Waals surface area contributed by atoms with Crippen LogP contribution >= 0.6 is 0 Å². The Morgan fingerprint density at radius 3 is 2.50 bits per heavy atom. The molecule has 0 fully saturated rings. The molecule has 2 aromatic rings. The molecule has 8 nitrogen and oxygen atoms in total. The number of nitrogens with one attached hydrogen (secondary N) is 2. The van der Waals surface area contributed by atoms with Crippen molar-refractivity contribution in [1.29, 1.82) is 0 Å². The molecule has 1 atom stereocenters. The van der Waals surface area contributed by atoms with Gasteiger partial charge in [0.05, 0.1) is 0 Å². The lowest BCUT2D eigenvalue weighted by Crippen LogP contribution is -2.42. The van der Waals surface area contributed by atoms with Crippen LogP contribution in [0.1, 0.15) is 22.8 Å². The van der Waals surface area contributed by atoms with Gasteiger partial charge in [-0.05, 0) is 42.8 Å². The molecule has 0 radical (unpaired) electrons. The number of amides is 2. The molecule has 3 rings (SSSR count). The average molecular weight is 382 g/mol. The van der Waals surface area contributed by atoms with Gasteiger partial charge < -0.3 is 25.2 Å². The minimum atomic E-state index is -1.19. The van der Waals surface area contributed by atoms with Crippen LogP contribution in [0.5, 0.6) is 11.5 Å². The highest BCUT2D eigenvalue weighted by atomic mass is 16.7. The van der Waals surface area contributed by atoms with Crippen LogP contribution in [-0.2, 0) is 9.59 Å². The van der Waals surface area contributed by atoms with Crippen molar-refractivity contribution in [1.82, 2.24) is 10.6 Å². The zero-order valence-electron chi connectivity index (χ0n) is 15.0. The topological polar surface area (TPSA) is 114 Å². The van der Waals surface area contributed by atoms with Gasteiger partial charge in [-0.2, -0.15) is 0 Å². The molecule has 8 heteroatoms. The normalized spacial score (nSPS) is 13.5. The summed E-state index contributed by atoms with van der Waals surface area (Å²) in [6.45, 7) is 1.44. The third kappa shape index (κ3) is 4.47. The smallest absolute Gasteiger partial charge is 0.325 e. The van der Waals surface area contributed by atoms with Crippen LogP contribution in [0, 0.1) is 0 Å². The molecule has 0 aromatic heterocycles. The molecule has 1 aliphatic rings. The Morgan fingerprint density at radius 2 is 1.79 bits per heavy atom. The van der Waals surface area contributed by atoms with Crippen molar-refractivity contribution in [3.63, 3.8) is 0 Å². The third-order valence-electron chi connectivity index (χ3n) is 3.95. The van der Waals surface area contributed by atoms with Crippen LogP contribution < -0.4 is 20.1 Å². The first-order valence-electron chi connectivity index (χ1n) is 8.45. The van der Waals surface area contributed by atoms with Gasteiger partial charge in [0.2, 0.25) is 6.79 Å². The van der Waals surface area contributed by atoms with Gasteiger partial charge in [0.15, 0.2) is 11.5 Å². The van der Waals surface area contributed by atoms with Crippen molar-refractivity contribution in [3.8, 4) is 11.5 Å². The van der Waals surface area contributed by atoms with E-state index < -0.39 is 23.8 Å². The van der Waals surface area contributed by atoms with E-state index in [2.05, 4.69) is 10.6 Å². The fraction of sp³-hybridized carbons (Fsp3) is 0.150. The molecule has 0 spiro atoms. The van der Waals surface area contributed by atoms with Gasteiger partial charge in [0.25, 0.3) is 11.8 Å². The van der Waals surface area contributed by atoms with Gasteiger partial charge in [0.1, 0.15) is 11.7 Å². The molecule has 0 bridgehead atoms. The van der Waals surface area contributed by atoms with Crippen molar-refractivity contribution in [2.24, 2.45) is 0 Å². The molecule has 28 heavy (non-hydrogen) atoms. The molecular weight excluding hydrogens is 364 g/mol. The number of ether oxygens (including phenoxy) is 2. The number of carbonyl (C=O) groups is 3. The van der Waals surface area contributed by atoms with E-state index in [4.69, 9.17) is 14.6 Å². The molecule has 3 N–H and O–H groups in total. The average Bonchev–Trinajstić information content (AvgIpc) is 3.15. The zero-order valence-corrected chi connectivity index (χ0v) is 15.0. The second kappa shape index (κ2) is 8.26. The van der Waals surface area contributed by atoms with Crippen LogP contribution in [0.4, 0.5) is 0 Å². The Labute approximate surface area is 160 Å². The SMILES string of the molecule is C[C@H](NC(=O)/C(=C\c1ccc2c(c1)OCO2)NC(=O)c1ccccc1)C(=O)O. The highest BCUT2D eigenvalue weighted by molar-refractivity contribution is 6.06. The number of carbonyl (C=O) groups excluding carboxylic acids is 2. The lowest BCUT2D eigenvalue weighted by Gasteiger charge is -2.13. The minimum Gasteiger partial charge on any atom is -0.480 e. The second-order valence-corrected chi connectivity index (χ2v) is 6.02. The molecule has 0 saturated heterocycles. The van der Waals surface area contributed by atoms with Crippen molar-refractivity contribution in [2.45, 2.75) is 13.0 Å². The van der Waals surface area contributed by atoms with Gasteiger partial charge in [-0.25, -0.2) is 0 Å². The van der Waals surface area contributed by atoms with Crippen molar-refractivity contribution in [2.75, 3.05) is 6.79 Å². The van der Waals surface area contributed by atoms with Gasteiger partial charge in [-0.1, -0.05) is 24.3 Å². The summed E-state index contributed by atoms with van der Waals surface area (Å²) < 4.78 is 10.6. The van der Waals surface area contributed by atoms with Gasteiger partial charge >= 0.3 is 5.97 Å². The maximum Gasteiger partial charge on any atom is 0.325 e. The number of hydrogen-bond acceptors (Lipinski definition) is 5. The number of fused-ring (bicyclic) bond motifs is 1. The Morgan fingerprint density at radius 1 is 1.07 bits per heavy atom. The van der Waals surface area contributed by atoms with Crippen LogP contribution in [0.25, 0.3) is 6.08 Å². The van der Waals surface area contributed by atoms with Crippen molar-refractivity contribution >= 4 is 23.9 Å². The Balaban J connectivity index is 1.88. The number of hydrogen-bond donors (Lipinski definition) is 3. The second-order valence-electron chi connectivity index (χ2n) is 6.02. The first-order valence-corrected chi connectivity index (χ1v) is 8.45. The molecule has 0 aliphatic carbocycles. The summed E-state index contributed by atoms with van der Waals surface area (Å²) in [5.74, 6) is -1.31. The Bertz CT molecular complexity index is 939. The zero-order chi connectivity index (χ0) is 20.1. The van der Waals surface area contributed by atoms with Crippen molar-refractivity contribution < 1.29 is 29.0 Å². The highest BCUT2D eigenvalue weighted by Gasteiger charge is 2.20. The fourth-order valence-electron chi connectivity index (χ4n) is 2.45. The number of rotatable bonds is 6. The number of carboxylic acids is 1. The highest BCUT2D eigenvalue weighted by Crippen LogP contribution is 2.33. The molecule has 2 amide bonds. The Hall–Kier alpha value is -3.81. The van der Waals surface area contributed by atoms with Gasteiger partial charge in [-0.3, -0.25) is 14.4 Å². The van der Waals surface area contributed by atoms with E-state index in [0.29, 0.717) is 22.6 Å². The van der Waals surface area contributed by atoms with Crippen LogP contribution in [-0.4, -0.2) is 35.7 Å². The molecule has 144 valence electrons. The van der Waals surface area contributed by atoms with E-state index in [1.54, 1.807) is 48.5 Å². The van der Waals surface area contributed by atoms with Crippen LogP contribution in [0.2, 0.25) is 0 Å². The summed E-state index contributed by atoms with van der Waals surface area (Å²) in [5, 5.41) is 13.9. The first-order chi connectivity index (χ1) is 13.4. The maximum atomic E-state index is 12.5. The summed E-state index contributed by atoms with van der Waals surface area (Å²) in [4.78, 5) is 36.0. The summed E-state index contributed by atoms with van der Waals surface area (Å²) >= 11 is 0. The summed E-state index contributed by atoms with van der Waals surface area (Å²) in [6.07, 6.45) is 1.44. The summed E-state index contributed by atoms with van der Waals surface area (Å²) in [7, 11) is 0. The van der Waals surface area contributed by atoms with E-state index in [-0.39, 0.29) is 12.5 Å². The molecule has 1 aliphatic heterocycles. The predicted octanol–water partition coefficient (Wildman–Crippen LogP) is 1.78. The lowest BCUT2D eigenvalue weighted by atomic mass is 10.1. The van der Waals surface area contributed by atoms with Gasteiger partial charge in [-0.15, -0.1) is 0 Å². The summed E-state index contributed by atoms with van der Waals surface area (Å²) in [6, 6.07) is 12.3.